The van der Waals surface area contributed by atoms with Crippen LogP contribution in [0.3, 0.4) is 0 Å². The molecule has 5 rings (SSSR count). The molecule has 2 fully saturated rings. The first kappa shape index (κ1) is 16.5. The largest absolute Gasteiger partial charge is 0.488 e. The van der Waals surface area contributed by atoms with Gasteiger partial charge in [-0.3, -0.25) is 5.10 Å². The molecule has 3 aromatic rings. The summed E-state index contributed by atoms with van der Waals surface area (Å²) in [7, 11) is 1.76. The Balaban J connectivity index is 1.48. The van der Waals surface area contributed by atoms with Crippen molar-refractivity contribution in [1.29, 1.82) is 0 Å². The first-order valence-corrected chi connectivity index (χ1v) is 9.41. The van der Waals surface area contributed by atoms with Crippen LogP contribution in [-0.4, -0.2) is 52.1 Å². The molecule has 7 heteroatoms. The lowest BCUT2D eigenvalue weighted by molar-refractivity contribution is 0.121. The predicted molar refractivity (Wildman–Crippen MR) is 103 cm³/mol. The van der Waals surface area contributed by atoms with Crippen LogP contribution in [0, 0.1) is 0 Å². The Labute approximate surface area is 157 Å². The summed E-state index contributed by atoms with van der Waals surface area (Å²) in [5, 5.41) is 8.61. The van der Waals surface area contributed by atoms with Crippen molar-refractivity contribution in [1.82, 2.24) is 20.2 Å². The Morgan fingerprint density at radius 3 is 2.89 bits per heavy atom. The summed E-state index contributed by atoms with van der Waals surface area (Å²) in [5.41, 5.74) is 2.59. The Morgan fingerprint density at radius 1 is 1.22 bits per heavy atom. The van der Waals surface area contributed by atoms with Gasteiger partial charge in [0.25, 0.3) is 0 Å². The summed E-state index contributed by atoms with van der Waals surface area (Å²) >= 11 is 0. The summed E-state index contributed by atoms with van der Waals surface area (Å²) in [6.45, 7) is 3.94. The number of rotatable bonds is 5. The first-order chi connectivity index (χ1) is 13.1. The van der Waals surface area contributed by atoms with Crippen molar-refractivity contribution in [3.8, 4) is 17.1 Å². The standard InChI is InChI=1S/C20H23N5O2/c1-20(6-7-20)27-13-3-4-16-15(9-13)19(24-23-16)17-10-18(22-12-21-17)25-8-5-14(11-25)26-2/h3-4,9-10,12,14H,5-8,11H2,1-2H3,(H,23,24)/t14-/m0/s1. The molecule has 2 aromatic heterocycles. The predicted octanol–water partition coefficient (Wildman–Crippen LogP) is 3.18. The summed E-state index contributed by atoms with van der Waals surface area (Å²) in [4.78, 5) is 11.2. The molecule has 0 spiro atoms. The second kappa shape index (κ2) is 6.20. The minimum Gasteiger partial charge on any atom is -0.488 e. The Bertz CT molecular complexity index is 981. The Morgan fingerprint density at radius 2 is 2.11 bits per heavy atom. The highest BCUT2D eigenvalue weighted by molar-refractivity contribution is 5.93. The summed E-state index contributed by atoms with van der Waals surface area (Å²) in [5.74, 6) is 1.79. The Hall–Kier alpha value is -2.67. The van der Waals surface area contributed by atoms with Crippen LogP contribution in [0.25, 0.3) is 22.3 Å². The fourth-order valence-electron chi connectivity index (χ4n) is 3.59. The van der Waals surface area contributed by atoms with E-state index in [2.05, 4.69) is 38.1 Å². The maximum absolute atomic E-state index is 6.11. The number of hydrogen-bond acceptors (Lipinski definition) is 6. The molecule has 1 N–H and O–H groups in total. The number of ether oxygens (including phenoxy) is 2. The number of benzene rings is 1. The van der Waals surface area contributed by atoms with E-state index in [-0.39, 0.29) is 11.7 Å². The van der Waals surface area contributed by atoms with E-state index in [0.717, 1.165) is 66.2 Å². The number of aromatic nitrogens is 4. The molecule has 1 aliphatic carbocycles. The van der Waals surface area contributed by atoms with Gasteiger partial charge in [0.1, 0.15) is 29.2 Å². The van der Waals surface area contributed by atoms with Crippen molar-refractivity contribution < 1.29 is 9.47 Å². The zero-order chi connectivity index (χ0) is 18.4. The van der Waals surface area contributed by atoms with E-state index in [4.69, 9.17) is 9.47 Å². The lowest BCUT2D eigenvalue weighted by Gasteiger charge is -2.17. The van der Waals surface area contributed by atoms with Crippen LogP contribution in [0.5, 0.6) is 5.75 Å². The number of nitrogens with one attached hydrogen (secondary N) is 1. The number of fused-ring (bicyclic) bond motifs is 1. The maximum Gasteiger partial charge on any atom is 0.132 e. The van der Waals surface area contributed by atoms with Crippen molar-refractivity contribution in [3.05, 3.63) is 30.6 Å². The maximum atomic E-state index is 6.11. The third-order valence-electron chi connectivity index (χ3n) is 5.55. The van der Waals surface area contributed by atoms with Crippen molar-refractivity contribution in [2.24, 2.45) is 0 Å². The van der Waals surface area contributed by atoms with Crippen LogP contribution in [0.1, 0.15) is 26.2 Å². The van der Waals surface area contributed by atoms with E-state index in [1.165, 1.54) is 0 Å². The molecular weight excluding hydrogens is 342 g/mol. The van der Waals surface area contributed by atoms with Crippen molar-refractivity contribution in [3.63, 3.8) is 0 Å². The summed E-state index contributed by atoms with van der Waals surface area (Å²) in [6.07, 6.45) is 5.10. The molecule has 1 saturated heterocycles. The van der Waals surface area contributed by atoms with Gasteiger partial charge in [0.2, 0.25) is 0 Å². The summed E-state index contributed by atoms with van der Waals surface area (Å²) in [6, 6.07) is 8.06. The van der Waals surface area contributed by atoms with Crippen LogP contribution < -0.4 is 9.64 Å². The fourth-order valence-corrected chi connectivity index (χ4v) is 3.59. The molecule has 2 aliphatic rings. The van der Waals surface area contributed by atoms with E-state index < -0.39 is 0 Å². The van der Waals surface area contributed by atoms with E-state index >= 15 is 0 Å². The molecule has 140 valence electrons. The van der Waals surface area contributed by atoms with Gasteiger partial charge in [-0.1, -0.05) is 0 Å². The van der Waals surface area contributed by atoms with Crippen molar-refractivity contribution in [2.45, 2.75) is 37.9 Å². The number of hydrogen-bond donors (Lipinski definition) is 1. The smallest absolute Gasteiger partial charge is 0.132 e. The lowest BCUT2D eigenvalue weighted by atomic mass is 10.1. The second-order valence-electron chi connectivity index (χ2n) is 7.69. The topological polar surface area (TPSA) is 76.2 Å². The molecule has 7 nitrogen and oxygen atoms in total. The van der Waals surface area contributed by atoms with E-state index in [0.29, 0.717) is 0 Å². The first-order valence-electron chi connectivity index (χ1n) is 9.41. The SMILES string of the molecule is CO[C@H]1CCN(c2cc(-c3n[nH]c4ccc(OC5(C)CC5)cc34)ncn2)C1. The van der Waals surface area contributed by atoms with Gasteiger partial charge in [-0.15, -0.1) is 0 Å². The highest BCUT2D eigenvalue weighted by Crippen LogP contribution is 2.40. The minimum absolute atomic E-state index is 0.00664. The van der Waals surface area contributed by atoms with Crippen molar-refractivity contribution >= 4 is 16.7 Å². The molecule has 0 unspecified atom stereocenters. The van der Waals surface area contributed by atoms with Gasteiger partial charge in [0.15, 0.2) is 0 Å². The van der Waals surface area contributed by atoms with Gasteiger partial charge in [0, 0.05) is 31.7 Å². The monoisotopic (exact) mass is 365 g/mol. The van der Waals surface area contributed by atoms with Gasteiger partial charge in [-0.25, -0.2) is 9.97 Å². The van der Waals surface area contributed by atoms with Crippen LogP contribution >= 0.6 is 0 Å². The fraction of sp³-hybridized carbons (Fsp3) is 0.450. The van der Waals surface area contributed by atoms with Gasteiger partial charge in [0.05, 0.1) is 17.3 Å². The van der Waals surface area contributed by atoms with E-state index in [1.807, 2.05) is 18.2 Å². The second-order valence-corrected chi connectivity index (χ2v) is 7.69. The number of anilines is 1. The quantitative estimate of drug-likeness (QED) is 0.748. The molecule has 27 heavy (non-hydrogen) atoms. The van der Waals surface area contributed by atoms with E-state index in [9.17, 15) is 0 Å². The zero-order valence-electron chi connectivity index (χ0n) is 15.6. The molecule has 3 heterocycles. The number of methoxy groups -OCH3 is 1. The van der Waals surface area contributed by atoms with Crippen molar-refractivity contribution in [2.75, 3.05) is 25.1 Å². The van der Waals surface area contributed by atoms with Gasteiger partial charge in [-0.2, -0.15) is 5.10 Å². The number of nitrogens with zero attached hydrogens (tertiary/aromatic N) is 4. The molecule has 0 bridgehead atoms. The average Bonchev–Trinajstić information content (AvgIpc) is 3.11. The number of aromatic amines is 1. The van der Waals surface area contributed by atoms with Gasteiger partial charge >= 0.3 is 0 Å². The highest BCUT2D eigenvalue weighted by Gasteiger charge is 2.40. The molecular formula is C20H23N5O2. The average molecular weight is 365 g/mol. The third kappa shape index (κ3) is 3.12. The third-order valence-corrected chi connectivity index (χ3v) is 5.55. The van der Waals surface area contributed by atoms with Gasteiger partial charge in [-0.05, 0) is 44.4 Å². The lowest BCUT2D eigenvalue weighted by Crippen LogP contribution is -2.23. The number of H-pyrrole nitrogens is 1. The van der Waals surface area contributed by atoms with Crippen LogP contribution in [0.4, 0.5) is 5.82 Å². The normalized spacial score (nSPS) is 21.0. The summed E-state index contributed by atoms with van der Waals surface area (Å²) < 4.78 is 11.6. The molecule has 1 atom stereocenters. The molecule has 1 aromatic carbocycles. The molecule has 1 aliphatic heterocycles. The molecule has 0 radical (unpaired) electrons. The zero-order valence-corrected chi connectivity index (χ0v) is 15.6. The minimum atomic E-state index is -0.00664. The Kier molecular flexibility index (Phi) is 3.79. The molecule has 0 amide bonds. The van der Waals surface area contributed by atoms with Crippen LogP contribution in [0.15, 0.2) is 30.6 Å². The van der Waals surface area contributed by atoms with Gasteiger partial charge < -0.3 is 14.4 Å². The van der Waals surface area contributed by atoms with Crippen LogP contribution in [0.2, 0.25) is 0 Å². The van der Waals surface area contributed by atoms with E-state index in [1.54, 1.807) is 13.4 Å². The molecule has 1 saturated carbocycles. The highest BCUT2D eigenvalue weighted by atomic mass is 16.5. The van der Waals surface area contributed by atoms with Crippen LogP contribution in [-0.2, 0) is 4.74 Å².